The monoisotopic (exact) mass is 398 g/mol. The number of rotatable bonds is 6. The number of benzene rings is 2. The zero-order chi connectivity index (χ0) is 20.1. The molecular formula is C23H27FN2O3. The molecule has 2 heterocycles. The molecule has 1 N–H and O–H groups in total. The third kappa shape index (κ3) is 5.34. The lowest BCUT2D eigenvalue weighted by atomic mass is 9.95. The Balaban J connectivity index is 1.25. The molecule has 2 aromatic carbocycles. The molecule has 0 aromatic heterocycles. The number of carbonyl (C=O) groups is 1. The van der Waals surface area contributed by atoms with Gasteiger partial charge in [-0.25, -0.2) is 4.39 Å². The van der Waals surface area contributed by atoms with Crippen LogP contribution < -0.4 is 10.1 Å². The average Bonchev–Trinajstić information content (AvgIpc) is 3.25. The second-order valence-electron chi connectivity index (χ2n) is 7.85. The van der Waals surface area contributed by atoms with E-state index in [4.69, 9.17) is 9.47 Å². The summed E-state index contributed by atoms with van der Waals surface area (Å²) in [5.41, 5.74) is 0.724. The van der Waals surface area contributed by atoms with Crippen molar-refractivity contribution in [2.75, 3.05) is 38.2 Å². The summed E-state index contributed by atoms with van der Waals surface area (Å²) in [4.78, 5) is 15.1. The lowest BCUT2D eigenvalue weighted by Gasteiger charge is -2.32. The number of carbonyl (C=O) groups excluding carboxylic acids is 1. The van der Waals surface area contributed by atoms with Crippen molar-refractivity contribution in [3.8, 4) is 11.5 Å². The summed E-state index contributed by atoms with van der Waals surface area (Å²) in [7, 11) is 0. The lowest BCUT2D eigenvalue weighted by Crippen LogP contribution is -2.40. The Labute approximate surface area is 170 Å². The number of hydrogen-bond acceptors (Lipinski definition) is 4. The zero-order valence-corrected chi connectivity index (χ0v) is 16.5. The minimum Gasteiger partial charge on any atom is -0.454 e. The summed E-state index contributed by atoms with van der Waals surface area (Å²) in [6.07, 6.45) is 2.92. The van der Waals surface area contributed by atoms with Crippen LogP contribution in [0.2, 0.25) is 0 Å². The molecule has 2 aromatic rings. The van der Waals surface area contributed by atoms with Gasteiger partial charge >= 0.3 is 0 Å². The van der Waals surface area contributed by atoms with Crippen LogP contribution in [0.5, 0.6) is 11.5 Å². The van der Waals surface area contributed by atoms with Gasteiger partial charge in [0.2, 0.25) is 5.91 Å². The molecule has 5 nitrogen and oxygen atoms in total. The SMILES string of the molecule is O=C(Nc1ccc(Oc2ccccc2F)cc1)C1CCN(C[C@H]2CCOC2)CC1. The van der Waals surface area contributed by atoms with Gasteiger partial charge in [0.15, 0.2) is 11.6 Å². The number of para-hydroxylation sites is 1. The summed E-state index contributed by atoms with van der Waals surface area (Å²) in [5.74, 6) is 1.05. The number of piperidine rings is 1. The highest BCUT2D eigenvalue weighted by molar-refractivity contribution is 5.92. The number of anilines is 1. The largest absolute Gasteiger partial charge is 0.454 e. The first-order valence-corrected chi connectivity index (χ1v) is 10.3. The van der Waals surface area contributed by atoms with E-state index in [-0.39, 0.29) is 17.6 Å². The number of nitrogens with zero attached hydrogens (tertiary/aromatic N) is 1. The fourth-order valence-corrected chi connectivity index (χ4v) is 3.98. The Morgan fingerprint density at radius 2 is 1.86 bits per heavy atom. The molecule has 0 aliphatic carbocycles. The Hall–Kier alpha value is -2.44. The fourth-order valence-electron chi connectivity index (χ4n) is 3.98. The van der Waals surface area contributed by atoms with E-state index in [2.05, 4.69) is 10.2 Å². The van der Waals surface area contributed by atoms with Crippen LogP contribution in [0.25, 0.3) is 0 Å². The summed E-state index contributed by atoms with van der Waals surface area (Å²) < 4.78 is 24.7. The highest BCUT2D eigenvalue weighted by atomic mass is 19.1. The van der Waals surface area contributed by atoms with Gasteiger partial charge in [-0.1, -0.05) is 12.1 Å². The van der Waals surface area contributed by atoms with Crippen molar-refractivity contribution < 1.29 is 18.7 Å². The Morgan fingerprint density at radius 3 is 2.55 bits per heavy atom. The average molecular weight is 398 g/mol. The van der Waals surface area contributed by atoms with E-state index in [1.807, 2.05) is 0 Å². The van der Waals surface area contributed by atoms with Crippen LogP contribution in [0.3, 0.4) is 0 Å². The van der Waals surface area contributed by atoms with E-state index >= 15 is 0 Å². The van der Waals surface area contributed by atoms with Gasteiger partial charge in [0.1, 0.15) is 5.75 Å². The maximum Gasteiger partial charge on any atom is 0.227 e. The highest BCUT2D eigenvalue weighted by Gasteiger charge is 2.27. The third-order valence-corrected chi connectivity index (χ3v) is 5.69. The molecule has 6 heteroatoms. The zero-order valence-electron chi connectivity index (χ0n) is 16.5. The fraction of sp³-hybridized carbons (Fsp3) is 0.435. The molecule has 2 fully saturated rings. The van der Waals surface area contributed by atoms with Gasteiger partial charge in [0.05, 0.1) is 6.61 Å². The van der Waals surface area contributed by atoms with Crippen molar-refractivity contribution in [2.45, 2.75) is 19.3 Å². The smallest absolute Gasteiger partial charge is 0.227 e. The van der Waals surface area contributed by atoms with Crippen molar-refractivity contribution in [3.63, 3.8) is 0 Å². The van der Waals surface area contributed by atoms with Crippen molar-refractivity contribution in [1.29, 1.82) is 0 Å². The van der Waals surface area contributed by atoms with Crippen molar-refractivity contribution in [1.82, 2.24) is 4.90 Å². The van der Waals surface area contributed by atoms with Crippen LogP contribution in [0.1, 0.15) is 19.3 Å². The van der Waals surface area contributed by atoms with Crippen molar-refractivity contribution in [3.05, 3.63) is 54.3 Å². The number of hydrogen-bond donors (Lipinski definition) is 1. The molecule has 154 valence electrons. The number of nitrogens with one attached hydrogen (secondary N) is 1. The van der Waals surface area contributed by atoms with Gasteiger partial charge in [-0.15, -0.1) is 0 Å². The predicted octanol–water partition coefficient (Wildman–Crippen LogP) is 4.31. The van der Waals surface area contributed by atoms with Crippen LogP contribution in [-0.4, -0.2) is 43.7 Å². The van der Waals surface area contributed by atoms with E-state index in [0.717, 1.165) is 57.8 Å². The molecule has 0 bridgehead atoms. The van der Waals surface area contributed by atoms with Crippen LogP contribution in [0.4, 0.5) is 10.1 Å². The molecule has 0 radical (unpaired) electrons. The minimum absolute atomic E-state index is 0.0421. The second kappa shape index (κ2) is 9.37. The van der Waals surface area contributed by atoms with Crippen LogP contribution in [0, 0.1) is 17.7 Å². The Kier molecular flexibility index (Phi) is 6.42. The quantitative estimate of drug-likeness (QED) is 0.788. The molecule has 2 aliphatic heterocycles. The predicted molar refractivity (Wildman–Crippen MR) is 110 cm³/mol. The minimum atomic E-state index is -0.406. The molecule has 29 heavy (non-hydrogen) atoms. The van der Waals surface area contributed by atoms with Crippen LogP contribution in [0.15, 0.2) is 48.5 Å². The molecule has 4 rings (SSSR count). The Morgan fingerprint density at radius 1 is 1.10 bits per heavy atom. The van der Waals surface area contributed by atoms with Crippen molar-refractivity contribution in [2.24, 2.45) is 11.8 Å². The highest BCUT2D eigenvalue weighted by Crippen LogP contribution is 2.26. The van der Waals surface area contributed by atoms with Gasteiger partial charge in [0.25, 0.3) is 0 Å². The lowest BCUT2D eigenvalue weighted by molar-refractivity contribution is -0.121. The van der Waals surface area contributed by atoms with E-state index in [1.54, 1.807) is 42.5 Å². The van der Waals surface area contributed by atoms with E-state index in [9.17, 15) is 9.18 Å². The molecule has 2 aliphatic rings. The van der Waals surface area contributed by atoms with E-state index in [1.165, 1.54) is 6.07 Å². The first-order valence-electron chi connectivity index (χ1n) is 10.3. The number of likely N-dealkylation sites (tertiary alicyclic amines) is 1. The molecule has 2 saturated heterocycles. The van der Waals surface area contributed by atoms with Gasteiger partial charge in [0, 0.05) is 24.8 Å². The van der Waals surface area contributed by atoms with Gasteiger partial charge < -0.3 is 19.7 Å². The third-order valence-electron chi connectivity index (χ3n) is 5.69. The van der Waals surface area contributed by atoms with Crippen molar-refractivity contribution >= 4 is 11.6 Å². The standard InChI is InChI=1S/C23H27FN2O3/c24-21-3-1-2-4-22(21)29-20-7-5-19(6-8-20)25-23(27)18-9-12-26(13-10-18)15-17-11-14-28-16-17/h1-8,17-18H,9-16H2,(H,25,27)/t17-/m1/s1. The molecule has 0 spiro atoms. The van der Waals surface area contributed by atoms with Crippen LogP contribution in [-0.2, 0) is 9.53 Å². The van der Waals surface area contributed by atoms with Gasteiger partial charge in [-0.2, -0.15) is 0 Å². The van der Waals surface area contributed by atoms with E-state index in [0.29, 0.717) is 11.7 Å². The van der Waals surface area contributed by atoms with Gasteiger partial charge in [-0.05, 0) is 74.7 Å². The number of amides is 1. The second-order valence-corrected chi connectivity index (χ2v) is 7.85. The molecular weight excluding hydrogens is 371 g/mol. The first-order chi connectivity index (χ1) is 14.2. The molecule has 0 saturated carbocycles. The molecule has 1 atom stereocenters. The van der Waals surface area contributed by atoms with E-state index < -0.39 is 5.82 Å². The Bertz CT molecular complexity index is 813. The summed E-state index contributed by atoms with van der Waals surface area (Å²) in [5, 5.41) is 2.99. The number of halogens is 1. The molecule has 0 unspecified atom stereocenters. The summed E-state index contributed by atoms with van der Waals surface area (Å²) in [6.45, 7) is 4.76. The maximum atomic E-state index is 13.7. The first kappa shape index (κ1) is 19.9. The molecule has 1 amide bonds. The summed E-state index contributed by atoms with van der Waals surface area (Å²) >= 11 is 0. The maximum absolute atomic E-state index is 13.7. The normalized spacial score (nSPS) is 20.5. The van der Waals surface area contributed by atoms with Gasteiger partial charge in [-0.3, -0.25) is 4.79 Å². The summed E-state index contributed by atoms with van der Waals surface area (Å²) in [6, 6.07) is 13.3. The number of ether oxygens (including phenoxy) is 2. The topological polar surface area (TPSA) is 50.8 Å². The van der Waals surface area contributed by atoms with Crippen LogP contribution >= 0.6 is 0 Å².